The zero-order valence-corrected chi connectivity index (χ0v) is 10.7. The van der Waals surface area contributed by atoms with Crippen LogP contribution in [0.2, 0.25) is 0 Å². The standard InChI is InChI=1S/C15H16O3/c1-8-4-9(2)10(3)12(5-8)11-6-13(16)15(18)14(17)7-11/h4-7,16-18H,1-3H3. The molecule has 0 radical (unpaired) electrons. The molecule has 0 aliphatic carbocycles. The Kier molecular flexibility index (Phi) is 2.91. The zero-order chi connectivity index (χ0) is 13.4. The molecule has 2 rings (SSSR count). The molecule has 18 heavy (non-hydrogen) atoms. The number of rotatable bonds is 1. The van der Waals surface area contributed by atoms with E-state index >= 15 is 0 Å². The van der Waals surface area contributed by atoms with E-state index in [2.05, 4.69) is 6.07 Å². The molecular formula is C15H16O3. The average Bonchev–Trinajstić information content (AvgIpc) is 2.30. The molecule has 0 aromatic heterocycles. The molecule has 0 atom stereocenters. The number of phenols is 3. The normalized spacial score (nSPS) is 10.6. The Balaban J connectivity index is 2.69. The third-order valence-electron chi connectivity index (χ3n) is 3.19. The topological polar surface area (TPSA) is 60.7 Å². The zero-order valence-electron chi connectivity index (χ0n) is 10.7. The smallest absolute Gasteiger partial charge is 0.200 e. The molecule has 0 heterocycles. The Labute approximate surface area is 106 Å². The van der Waals surface area contributed by atoms with Gasteiger partial charge >= 0.3 is 0 Å². The molecule has 94 valence electrons. The van der Waals surface area contributed by atoms with Crippen LogP contribution in [0, 0.1) is 20.8 Å². The second kappa shape index (κ2) is 4.26. The third kappa shape index (κ3) is 1.99. The lowest BCUT2D eigenvalue weighted by molar-refractivity contribution is 0.368. The Morgan fingerprint density at radius 2 is 1.33 bits per heavy atom. The van der Waals surface area contributed by atoms with E-state index in [-0.39, 0.29) is 11.5 Å². The lowest BCUT2D eigenvalue weighted by Crippen LogP contribution is -1.89. The van der Waals surface area contributed by atoms with Crippen molar-refractivity contribution in [2.45, 2.75) is 20.8 Å². The van der Waals surface area contributed by atoms with Gasteiger partial charge < -0.3 is 15.3 Å². The Morgan fingerprint density at radius 1 is 0.778 bits per heavy atom. The van der Waals surface area contributed by atoms with Gasteiger partial charge in [0.1, 0.15) is 0 Å². The minimum atomic E-state index is -0.485. The third-order valence-corrected chi connectivity index (χ3v) is 3.19. The second-order valence-electron chi connectivity index (χ2n) is 4.62. The molecule has 0 bridgehead atoms. The Bertz CT molecular complexity index is 592. The van der Waals surface area contributed by atoms with Crippen molar-refractivity contribution in [3.63, 3.8) is 0 Å². The highest BCUT2D eigenvalue weighted by molar-refractivity contribution is 5.74. The van der Waals surface area contributed by atoms with Crippen LogP contribution in [0.5, 0.6) is 17.2 Å². The van der Waals surface area contributed by atoms with E-state index in [0.29, 0.717) is 5.56 Å². The van der Waals surface area contributed by atoms with Crippen molar-refractivity contribution in [1.82, 2.24) is 0 Å². The van der Waals surface area contributed by atoms with E-state index in [4.69, 9.17) is 0 Å². The summed E-state index contributed by atoms with van der Waals surface area (Å²) >= 11 is 0. The molecular weight excluding hydrogens is 228 g/mol. The molecule has 2 aromatic rings. The van der Waals surface area contributed by atoms with Gasteiger partial charge in [-0.2, -0.15) is 0 Å². The van der Waals surface area contributed by atoms with Crippen molar-refractivity contribution in [3.8, 4) is 28.4 Å². The number of aromatic hydroxyl groups is 3. The van der Waals surface area contributed by atoms with Crippen LogP contribution in [0.1, 0.15) is 16.7 Å². The van der Waals surface area contributed by atoms with E-state index in [1.54, 1.807) is 0 Å². The lowest BCUT2D eigenvalue weighted by Gasteiger charge is -2.12. The predicted octanol–water partition coefficient (Wildman–Crippen LogP) is 3.40. The second-order valence-corrected chi connectivity index (χ2v) is 4.62. The summed E-state index contributed by atoms with van der Waals surface area (Å²) in [6.07, 6.45) is 0. The van der Waals surface area contributed by atoms with Gasteiger partial charge in [0.15, 0.2) is 17.2 Å². The molecule has 2 aromatic carbocycles. The summed E-state index contributed by atoms with van der Waals surface area (Å²) in [4.78, 5) is 0. The van der Waals surface area contributed by atoms with Crippen LogP contribution in [-0.2, 0) is 0 Å². The van der Waals surface area contributed by atoms with E-state index < -0.39 is 5.75 Å². The minimum absolute atomic E-state index is 0.316. The summed E-state index contributed by atoms with van der Waals surface area (Å²) in [5.74, 6) is -1.12. The van der Waals surface area contributed by atoms with Gasteiger partial charge in [0.2, 0.25) is 0 Å². The van der Waals surface area contributed by atoms with Crippen LogP contribution in [0.25, 0.3) is 11.1 Å². The quantitative estimate of drug-likeness (QED) is 0.674. The summed E-state index contributed by atoms with van der Waals surface area (Å²) in [5.41, 5.74) is 4.98. The molecule has 3 heteroatoms. The molecule has 0 aliphatic heterocycles. The predicted molar refractivity (Wildman–Crippen MR) is 71.1 cm³/mol. The molecule has 0 fully saturated rings. The van der Waals surface area contributed by atoms with Crippen molar-refractivity contribution in [3.05, 3.63) is 41.0 Å². The molecule has 0 amide bonds. The van der Waals surface area contributed by atoms with Crippen LogP contribution in [-0.4, -0.2) is 15.3 Å². The number of phenolic OH excluding ortho intramolecular Hbond substituents is 3. The molecule has 0 spiro atoms. The number of hydrogen-bond acceptors (Lipinski definition) is 3. The summed E-state index contributed by atoms with van der Waals surface area (Å²) < 4.78 is 0. The van der Waals surface area contributed by atoms with Crippen LogP contribution in [0.3, 0.4) is 0 Å². The van der Waals surface area contributed by atoms with Crippen molar-refractivity contribution in [1.29, 1.82) is 0 Å². The van der Waals surface area contributed by atoms with E-state index in [1.807, 2.05) is 26.8 Å². The molecule has 3 N–H and O–H groups in total. The first-order valence-electron chi connectivity index (χ1n) is 5.73. The summed E-state index contributed by atoms with van der Waals surface area (Å²) in [6, 6.07) is 6.99. The fourth-order valence-electron chi connectivity index (χ4n) is 2.10. The maximum atomic E-state index is 9.56. The van der Waals surface area contributed by atoms with Crippen molar-refractivity contribution in [2.75, 3.05) is 0 Å². The van der Waals surface area contributed by atoms with Crippen molar-refractivity contribution >= 4 is 0 Å². The van der Waals surface area contributed by atoms with Crippen LogP contribution in [0.15, 0.2) is 24.3 Å². The monoisotopic (exact) mass is 244 g/mol. The van der Waals surface area contributed by atoms with Gasteiger partial charge in [0.25, 0.3) is 0 Å². The molecule has 0 aliphatic rings. The molecule has 0 saturated heterocycles. The highest BCUT2D eigenvalue weighted by Gasteiger charge is 2.12. The summed E-state index contributed by atoms with van der Waals surface area (Å²) in [5, 5.41) is 28.5. The fraction of sp³-hybridized carbons (Fsp3) is 0.200. The first kappa shape index (κ1) is 12.3. The van der Waals surface area contributed by atoms with Crippen LogP contribution < -0.4 is 0 Å². The van der Waals surface area contributed by atoms with E-state index in [0.717, 1.165) is 22.3 Å². The largest absolute Gasteiger partial charge is 0.504 e. The first-order valence-corrected chi connectivity index (χ1v) is 5.73. The van der Waals surface area contributed by atoms with Gasteiger partial charge in [-0.3, -0.25) is 0 Å². The molecule has 0 saturated carbocycles. The van der Waals surface area contributed by atoms with Gasteiger partial charge in [-0.25, -0.2) is 0 Å². The maximum absolute atomic E-state index is 9.56. The fourth-order valence-corrected chi connectivity index (χ4v) is 2.10. The van der Waals surface area contributed by atoms with Gasteiger partial charge in [0, 0.05) is 0 Å². The molecule has 0 unspecified atom stereocenters. The molecule has 3 nitrogen and oxygen atoms in total. The SMILES string of the molecule is Cc1cc(C)c(C)c(-c2cc(O)c(O)c(O)c2)c1. The maximum Gasteiger partial charge on any atom is 0.200 e. The van der Waals surface area contributed by atoms with E-state index in [9.17, 15) is 15.3 Å². The van der Waals surface area contributed by atoms with Gasteiger partial charge in [-0.05, 0) is 55.2 Å². The highest BCUT2D eigenvalue weighted by atomic mass is 16.3. The van der Waals surface area contributed by atoms with Gasteiger partial charge in [0.05, 0.1) is 0 Å². The van der Waals surface area contributed by atoms with Gasteiger partial charge in [-0.15, -0.1) is 0 Å². The number of aryl methyl sites for hydroxylation is 2. The summed E-state index contributed by atoms with van der Waals surface area (Å²) in [6.45, 7) is 6.01. The first-order chi connectivity index (χ1) is 8.40. The highest BCUT2D eigenvalue weighted by Crippen LogP contribution is 2.40. The summed E-state index contributed by atoms with van der Waals surface area (Å²) in [7, 11) is 0. The van der Waals surface area contributed by atoms with Crippen molar-refractivity contribution < 1.29 is 15.3 Å². The Morgan fingerprint density at radius 3 is 1.89 bits per heavy atom. The van der Waals surface area contributed by atoms with E-state index in [1.165, 1.54) is 12.1 Å². The van der Waals surface area contributed by atoms with Crippen LogP contribution >= 0.6 is 0 Å². The minimum Gasteiger partial charge on any atom is -0.504 e. The van der Waals surface area contributed by atoms with Gasteiger partial charge in [-0.1, -0.05) is 17.7 Å². The number of benzene rings is 2. The Hall–Kier alpha value is -2.16. The van der Waals surface area contributed by atoms with Crippen molar-refractivity contribution in [2.24, 2.45) is 0 Å². The van der Waals surface area contributed by atoms with Crippen LogP contribution in [0.4, 0.5) is 0 Å². The number of hydrogen-bond donors (Lipinski definition) is 3. The lowest BCUT2D eigenvalue weighted by atomic mass is 9.94. The average molecular weight is 244 g/mol.